The minimum Gasteiger partial charge on any atom is -0.457 e. The first-order valence-electron chi connectivity index (χ1n) is 9.77. The average Bonchev–Trinajstić information content (AvgIpc) is 2.87. The van der Waals surface area contributed by atoms with Crippen molar-refractivity contribution in [2.45, 2.75) is 38.1 Å². The van der Waals surface area contributed by atoms with Crippen molar-refractivity contribution in [2.24, 2.45) is 0 Å². The number of hydrogen-bond donors (Lipinski definition) is 1. The highest BCUT2D eigenvalue weighted by Crippen LogP contribution is 2.27. The van der Waals surface area contributed by atoms with Crippen molar-refractivity contribution in [3.05, 3.63) is 54.6 Å². The highest BCUT2D eigenvalue weighted by molar-refractivity contribution is 6.21. The van der Waals surface area contributed by atoms with Gasteiger partial charge in [0.15, 0.2) is 6.04 Å². The number of para-hydroxylation sites is 1. The minimum atomic E-state index is -0.226. The number of hydrogen-bond acceptors (Lipinski definition) is 3. The minimum absolute atomic E-state index is 0.0615. The highest BCUT2D eigenvalue weighted by atomic mass is 16.5. The lowest BCUT2D eigenvalue weighted by Gasteiger charge is -2.22. The maximum Gasteiger partial charge on any atom is 0.292 e. The number of nitrogens with zero attached hydrogens (tertiary/aromatic N) is 1. The average molecular weight is 365 g/mol. The van der Waals surface area contributed by atoms with Gasteiger partial charge in [-0.05, 0) is 62.1 Å². The summed E-state index contributed by atoms with van der Waals surface area (Å²) < 4.78 is 5.79. The molecule has 1 N–H and O–H groups in total. The molecule has 0 aromatic heterocycles. The molecule has 5 heteroatoms. The van der Waals surface area contributed by atoms with Crippen LogP contribution in [0.4, 0.5) is 5.69 Å². The van der Waals surface area contributed by atoms with Crippen LogP contribution in [0, 0.1) is 0 Å². The van der Waals surface area contributed by atoms with Crippen LogP contribution >= 0.6 is 0 Å². The quantitative estimate of drug-likeness (QED) is 0.848. The molecule has 2 aromatic rings. The van der Waals surface area contributed by atoms with Gasteiger partial charge in [0.2, 0.25) is 5.91 Å². The molecular formula is C22H25N2O3+. The van der Waals surface area contributed by atoms with Crippen molar-refractivity contribution in [3.63, 3.8) is 0 Å². The number of nitrogens with one attached hydrogen (secondary N) is 1. The summed E-state index contributed by atoms with van der Waals surface area (Å²) in [7, 11) is 0. The summed E-state index contributed by atoms with van der Waals surface area (Å²) in [6.07, 6.45) is 5.05. The van der Waals surface area contributed by atoms with Gasteiger partial charge in [0.25, 0.3) is 5.91 Å². The van der Waals surface area contributed by atoms with E-state index < -0.39 is 0 Å². The van der Waals surface area contributed by atoms with Crippen molar-refractivity contribution in [1.29, 1.82) is 0 Å². The molecule has 0 aliphatic carbocycles. The molecule has 0 spiro atoms. The van der Waals surface area contributed by atoms with Crippen molar-refractivity contribution >= 4 is 17.5 Å². The first-order valence-corrected chi connectivity index (χ1v) is 9.77. The molecule has 5 nitrogen and oxygen atoms in total. The second-order valence-electron chi connectivity index (χ2n) is 7.31. The van der Waals surface area contributed by atoms with Crippen LogP contribution in [-0.4, -0.2) is 30.9 Å². The lowest BCUT2D eigenvalue weighted by molar-refractivity contribution is -0.914. The molecule has 2 saturated heterocycles. The Balaban J connectivity index is 1.47. The number of anilines is 1. The fourth-order valence-electron chi connectivity index (χ4n) is 4.04. The summed E-state index contributed by atoms with van der Waals surface area (Å²) in [4.78, 5) is 28.1. The third kappa shape index (κ3) is 3.88. The number of ether oxygens (including phenoxy) is 1. The SMILES string of the molecule is O=C1C[C@H]([NH+]2CCCCCC2)C(=O)N1c1ccc(Oc2ccccc2)cc1. The molecule has 4 rings (SSSR count). The zero-order chi connectivity index (χ0) is 18.6. The maximum atomic E-state index is 13.0. The topological polar surface area (TPSA) is 51.0 Å². The molecule has 0 unspecified atom stereocenters. The van der Waals surface area contributed by atoms with E-state index in [4.69, 9.17) is 4.74 Å². The van der Waals surface area contributed by atoms with E-state index in [-0.39, 0.29) is 17.9 Å². The Bertz CT molecular complexity index is 796. The van der Waals surface area contributed by atoms with E-state index in [0.717, 1.165) is 31.7 Å². The summed E-state index contributed by atoms with van der Waals surface area (Å²) in [5.74, 6) is 1.27. The first-order chi connectivity index (χ1) is 13.2. The molecule has 2 heterocycles. The zero-order valence-electron chi connectivity index (χ0n) is 15.4. The van der Waals surface area contributed by atoms with E-state index in [0.29, 0.717) is 17.9 Å². The Kier molecular flexibility index (Phi) is 5.21. The van der Waals surface area contributed by atoms with E-state index >= 15 is 0 Å². The Labute approximate surface area is 159 Å². The van der Waals surface area contributed by atoms with Crippen molar-refractivity contribution in [1.82, 2.24) is 0 Å². The van der Waals surface area contributed by atoms with Crippen LogP contribution in [0.25, 0.3) is 0 Å². The van der Waals surface area contributed by atoms with Gasteiger partial charge in [0, 0.05) is 0 Å². The molecule has 2 aliphatic heterocycles. The predicted octanol–water partition coefficient (Wildman–Crippen LogP) is 2.57. The van der Waals surface area contributed by atoms with Crippen molar-refractivity contribution in [3.8, 4) is 11.5 Å². The van der Waals surface area contributed by atoms with Gasteiger partial charge in [-0.15, -0.1) is 0 Å². The summed E-state index contributed by atoms with van der Waals surface area (Å²) in [5.41, 5.74) is 0.627. The number of carbonyl (C=O) groups excluding carboxylic acids is 2. The van der Waals surface area contributed by atoms with Gasteiger partial charge in [-0.2, -0.15) is 0 Å². The molecule has 27 heavy (non-hydrogen) atoms. The number of imide groups is 1. The highest BCUT2D eigenvalue weighted by Gasteiger charge is 2.45. The Morgan fingerprint density at radius 2 is 1.44 bits per heavy atom. The monoisotopic (exact) mass is 365 g/mol. The van der Waals surface area contributed by atoms with Crippen molar-refractivity contribution in [2.75, 3.05) is 18.0 Å². The Morgan fingerprint density at radius 3 is 2.11 bits per heavy atom. The maximum absolute atomic E-state index is 13.0. The van der Waals surface area contributed by atoms with Crippen LogP contribution in [0.5, 0.6) is 11.5 Å². The Hall–Kier alpha value is -2.66. The van der Waals surface area contributed by atoms with Crippen LogP contribution in [0.1, 0.15) is 32.1 Å². The molecule has 2 fully saturated rings. The van der Waals surface area contributed by atoms with Crippen LogP contribution in [0.2, 0.25) is 0 Å². The van der Waals surface area contributed by atoms with Gasteiger partial charge in [-0.3, -0.25) is 9.59 Å². The van der Waals surface area contributed by atoms with Gasteiger partial charge in [-0.25, -0.2) is 4.90 Å². The van der Waals surface area contributed by atoms with Crippen LogP contribution in [-0.2, 0) is 9.59 Å². The molecular weight excluding hydrogens is 340 g/mol. The number of rotatable bonds is 4. The number of quaternary nitrogens is 1. The number of carbonyl (C=O) groups is 2. The summed E-state index contributed by atoms with van der Waals surface area (Å²) >= 11 is 0. The van der Waals surface area contributed by atoms with E-state index in [1.807, 2.05) is 30.3 Å². The lowest BCUT2D eigenvalue weighted by Crippen LogP contribution is -3.16. The van der Waals surface area contributed by atoms with E-state index in [1.54, 1.807) is 24.3 Å². The third-order valence-electron chi connectivity index (χ3n) is 5.46. The van der Waals surface area contributed by atoms with Crippen LogP contribution in [0.15, 0.2) is 54.6 Å². The second kappa shape index (κ2) is 7.92. The van der Waals surface area contributed by atoms with Crippen LogP contribution < -0.4 is 14.5 Å². The molecule has 0 bridgehead atoms. The molecule has 140 valence electrons. The Morgan fingerprint density at radius 1 is 0.815 bits per heavy atom. The third-order valence-corrected chi connectivity index (χ3v) is 5.46. The molecule has 2 amide bonds. The van der Waals surface area contributed by atoms with Gasteiger partial charge in [0.05, 0.1) is 25.2 Å². The lowest BCUT2D eigenvalue weighted by atomic mass is 10.2. The zero-order valence-corrected chi connectivity index (χ0v) is 15.4. The largest absolute Gasteiger partial charge is 0.457 e. The molecule has 0 radical (unpaired) electrons. The predicted molar refractivity (Wildman–Crippen MR) is 103 cm³/mol. The fourth-order valence-corrected chi connectivity index (χ4v) is 4.04. The smallest absolute Gasteiger partial charge is 0.292 e. The normalized spacial score (nSPS) is 21.3. The summed E-state index contributed by atoms with van der Waals surface area (Å²) in [5, 5.41) is 0. The molecule has 2 aliphatic rings. The number of likely N-dealkylation sites (tertiary alicyclic amines) is 1. The first kappa shape index (κ1) is 17.7. The molecule has 1 atom stereocenters. The van der Waals surface area contributed by atoms with Gasteiger partial charge in [-0.1, -0.05) is 18.2 Å². The van der Waals surface area contributed by atoms with Gasteiger partial charge < -0.3 is 9.64 Å². The van der Waals surface area contributed by atoms with E-state index in [9.17, 15) is 9.59 Å². The standard InChI is InChI=1S/C22H24N2O3/c25-21-16-20(23-14-6-1-2-7-15-23)22(26)24(21)17-10-12-19(13-11-17)27-18-8-4-3-5-9-18/h3-5,8-13,20H,1-2,6-7,14-16H2/p+1/t20-/m0/s1. The molecule has 0 saturated carbocycles. The number of amides is 2. The molecule has 2 aromatic carbocycles. The number of benzene rings is 2. The summed E-state index contributed by atoms with van der Waals surface area (Å²) in [6, 6.07) is 16.5. The summed E-state index contributed by atoms with van der Waals surface area (Å²) in [6.45, 7) is 1.97. The van der Waals surface area contributed by atoms with Gasteiger partial charge in [0.1, 0.15) is 11.5 Å². The fraction of sp³-hybridized carbons (Fsp3) is 0.364. The second-order valence-corrected chi connectivity index (χ2v) is 7.31. The van der Waals surface area contributed by atoms with E-state index in [2.05, 4.69) is 0 Å². The van der Waals surface area contributed by atoms with Crippen molar-refractivity contribution < 1.29 is 19.2 Å². The van der Waals surface area contributed by atoms with Crippen LogP contribution in [0.3, 0.4) is 0 Å². The van der Waals surface area contributed by atoms with Gasteiger partial charge >= 0.3 is 0 Å². The van der Waals surface area contributed by atoms with E-state index in [1.165, 1.54) is 22.6 Å².